The standard InChI is InChI=1S/Ca.Mg.H4O4Si.4H/c;;1-5(2,3)4;;;;/h;;1-4H;;;;. The van der Waals surface area contributed by atoms with Crippen LogP contribution in [0.4, 0.5) is 0 Å². The van der Waals surface area contributed by atoms with Crippen LogP contribution in [-0.4, -0.2) is 89.0 Å². The van der Waals surface area contributed by atoms with Crippen molar-refractivity contribution in [2.75, 3.05) is 0 Å². The summed E-state index contributed by atoms with van der Waals surface area (Å²) in [5.74, 6) is 0. The van der Waals surface area contributed by atoms with Crippen LogP contribution in [0.3, 0.4) is 0 Å². The topological polar surface area (TPSA) is 80.9 Å². The van der Waals surface area contributed by atoms with Crippen LogP contribution in [0, 0.1) is 0 Å². The summed E-state index contributed by atoms with van der Waals surface area (Å²) in [5, 5.41) is 0. The fourth-order valence-electron chi connectivity index (χ4n) is 0. The molecule has 0 aliphatic rings. The molecule has 0 bridgehead atoms. The molecule has 0 fully saturated rings. The summed E-state index contributed by atoms with van der Waals surface area (Å²) in [6.07, 6.45) is 0. The molecule has 7 heavy (non-hydrogen) atoms. The van der Waals surface area contributed by atoms with Gasteiger partial charge in [-0.25, -0.2) is 0 Å². The van der Waals surface area contributed by atoms with E-state index in [-0.39, 0.29) is 60.8 Å². The maximum atomic E-state index is 7.33. The first kappa shape index (κ1) is 16.0. The second kappa shape index (κ2) is 6.21. The SMILES string of the molecule is O[Si](O)(O)O.[CaH2].[MgH2]. The Hall–Kier alpha value is 2.08. The molecule has 7 heteroatoms. The van der Waals surface area contributed by atoms with Gasteiger partial charge in [0.15, 0.2) is 0 Å². The summed E-state index contributed by atoms with van der Waals surface area (Å²) in [6.45, 7) is 0. The first-order chi connectivity index (χ1) is 2.00. The van der Waals surface area contributed by atoms with Gasteiger partial charge in [0.05, 0.1) is 0 Å². The molecule has 4 N–H and O–H groups in total. The molecule has 0 aromatic heterocycles. The van der Waals surface area contributed by atoms with E-state index in [2.05, 4.69) is 0 Å². The zero-order valence-electron chi connectivity index (χ0n) is 2.29. The van der Waals surface area contributed by atoms with Gasteiger partial charge in [0, 0.05) is 0 Å². The van der Waals surface area contributed by atoms with E-state index < -0.39 is 9.05 Å². The molecule has 0 aliphatic carbocycles. The molecule has 4 nitrogen and oxygen atoms in total. The van der Waals surface area contributed by atoms with E-state index in [1.54, 1.807) is 0 Å². The van der Waals surface area contributed by atoms with Crippen LogP contribution in [0.5, 0.6) is 0 Å². The molecule has 40 valence electrons. The Morgan fingerprint density at radius 1 is 0.857 bits per heavy atom. The molecule has 0 saturated heterocycles. The molecule has 0 rings (SSSR count). The van der Waals surface area contributed by atoms with Crippen LogP contribution in [0.1, 0.15) is 0 Å². The van der Waals surface area contributed by atoms with Crippen molar-refractivity contribution in [3.05, 3.63) is 0 Å². The summed E-state index contributed by atoms with van der Waals surface area (Å²) < 4.78 is 0. The number of hydrogen-bond donors (Lipinski definition) is 4. The van der Waals surface area contributed by atoms with Crippen molar-refractivity contribution in [2.45, 2.75) is 0 Å². The molecule has 0 heterocycles. The molecule has 0 aromatic rings. The summed E-state index contributed by atoms with van der Waals surface area (Å²) in [7, 11) is -4.61. The van der Waals surface area contributed by atoms with Gasteiger partial charge in [-0.2, -0.15) is 0 Å². The summed E-state index contributed by atoms with van der Waals surface area (Å²) >= 11 is 0. The second-order valence-electron chi connectivity index (χ2n) is 0.600. The predicted molar refractivity (Wildman–Crippen MR) is 31.7 cm³/mol. The van der Waals surface area contributed by atoms with Crippen molar-refractivity contribution in [3.8, 4) is 0 Å². The van der Waals surface area contributed by atoms with Crippen LogP contribution in [0.2, 0.25) is 0 Å². The minimum Gasteiger partial charge on any atom is 0.316 e. The number of hydrogen-bond acceptors (Lipinski definition) is 4. The molecule has 0 radical (unpaired) electrons. The molecule has 0 aromatic carbocycles. The van der Waals surface area contributed by atoms with E-state index in [0.717, 1.165) is 0 Å². The van der Waals surface area contributed by atoms with Gasteiger partial charge >= 0.3 is 69.8 Å². The van der Waals surface area contributed by atoms with Gasteiger partial charge in [-0.1, -0.05) is 0 Å². The smallest absolute Gasteiger partial charge is 0.316 e. The van der Waals surface area contributed by atoms with Crippen molar-refractivity contribution in [1.82, 2.24) is 0 Å². The minimum atomic E-state index is -4.61. The molecule has 0 amide bonds. The Morgan fingerprint density at radius 2 is 0.857 bits per heavy atom. The van der Waals surface area contributed by atoms with E-state index in [4.69, 9.17) is 19.2 Å². The number of rotatable bonds is 0. The molecule has 0 atom stereocenters. The van der Waals surface area contributed by atoms with Crippen molar-refractivity contribution in [3.63, 3.8) is 0 Å². The maximum Gasteiger partial charge on any atom is 0.316 e. The zero-order valence-corrected chi connectivity index (χ0v) is 3.29. The Labute approximate surface area is 87.8 Å². The third-order valence-corrected chi connectivity index (χ3v) is 0. The summed E-state index contributed by atoms with van der Waals surface area (Å²) in [5.41, 5.74) is 0. The normalized spacial score (nSPS) is 8.57. The first-order valence-corrected chi connectivity index (χ1v) is 2.68. The van der Waals surface area contributed by atoms with Crippen LogP contribution in [0.25, 0.3) is 0 Å². The fraction of sp³-hybridized carbons (Fsp3) is 0. The van der Waals surface area contributed by atoms with Crippen molar-refractivity contribution in [2.24, 2.45) is 0 Å². The van der Waals surface area contributed by atoms with E-state index in [0.29, 0.717) is 0 Å². The van der Waals surface area contributed by atoms with Gasteiger partial charge in [-0.15, -0.1) is 0 Å². The molecule has 0 unspecified atom stereocenters. The Bertz CT molecular complexity index is 27.2. The molecular formula is H8CaMgO4Si. The Kier molecular flexibility index (Phi) is 14.2. The molecule has 0 aliphatic heterocycles. The van der Waals surface area contributed by atoms with Crippen LogP contribution < -0.4 is 0 Å². The van der Waals surface area contributed by atoms with Gasteiger partial charge in [-0.05, 0) is 0 Å². The molecular weight excluding hydrogens is 156 g/mol. The quantitative estimate of drug-likeness (QED) is 0.273. The average molecular weight is 165 g/mol. The summed E-state index contributed by atoms with van der Waals surface area (Å²) in [4.78, 5) is 29.3. The van der Waals surface area contributed by atoms with Crippen LogP contribution in [0.15, 0.2) is 0 Å². The monoisotopic (exact) mass is 164 g/mol. The molecule has 0 saturated carbocycles. The van der Waals surface area contributed by atoms with Gasteiger partial charge in [0.25, 0.3) is 0 Å². The molecule has 0 spiro atoms. The van der Waals surface area contributed by atoms with E-state index in [1.165, 1.54) is 0 Å². The van der Waals surface area contributed by atoms with Crippen LogP contribution >= 0.6 is 0 Å². The van der Waals surface area contributed by atoms with Crippen molar-refractivity contribution >= 4 is 69.8 Å². The third kappa shape index (κ3) is 68.9. The third-order valence-electron chi connectivity index (χ3n) is 0. The minimum absolute atomic E-state index is 0. The van der Waals surface area contributed by atoms with Gasteiger partial charge < -0.3 is 19.2 Å². The van der Waals surface area contributed by atoms with E-state index in [1.807, 2.05) is 0 Å². The summed E-state index contributed by atoms with van der Waals surface area (Å²) in [6, 6.07) is 0. The zero-order chi connectivity index (χ0) is 4.50. The first-order valence-electron chi connectivity index (χ1n) is 0.894. The van der Waals surface area contributed by atoms with Crippen molar-refractivity contribution < 1.29 is 19.2 Å². The van der Waals surface area contributed by atoms with E-state index in [9.17, 15) is 0 Å². The van der Waals surface area contributed by atoms with Crippen LogP contribution in [-0.2, 0) is 0 Å². The Morgan fingerprint density at radius 3 is 0.857 bits per heavy atom. The second-order valence-corrected chi connectivity index (χ2v) is 1.80. The van der Waals surface area contributed by atoms with Gasteiger partial charge in [-0.3, -0.25) is 0 Å². The van der Waals surface area contributed by atoms with Gasteiger partial charge in [0.1, 0.15) is 0 Å². The maximum absolute atomic E-state index is 7.33. The van der Waals surface area contributed by atoms with Gasteiger partial charge in [0.2, 0.25) is 0 Å². The Balaban J connectivity index is -0.0000000800. The predicted octanol–water partition coefficient (Wildman–Crippen LogP) is -4.44. The largest absolute Gasteiger partial charge is 0.316 e. The van der Waals surface area contributed by atoms with Crippen molar-refractivity contribution in [1.29, 1.82) is 0 Å². The van der Waals surface area contributed by atoms with E-state index >= 15 is 0 Å². The average Bonchev–Trinajstić information content (AvgIpc) is 0.722. The fourth-order valence-corrected chi connectivity index (χ4v) is 0.